The minimum Gasteiger partial charge on any atom is -0.491 e. The second-order valence-corrected chi connectivity index (χ2v) is 7.13. The Balaban J connectivity index is 1.95. The van der Waals surface area contributed by atoms with Crippen molar-refractivity contribution < 1.29 is 33.9 Å². The lowest BCUT2D eigenvalue weighted by molar-refractivity contribution is -0.197. The van der Waals surface area contributed by atoms with Gasteiger partial charge in [-0.1, -0.05) is 6.07 Å². The average molecular weight is 393 g/mol. The second kappa shape index (κ2) is 8.83. The lowest BCUT2D eigenvalue weighted by atomic mass is 10.1. The van der Waals surface area contributed by atoms with Crippen LogP contribution in [0.2, 0.25) is 0 Å². The fraction of sp³-hybridized carbons (Fsp3) is 0.474. The van der Waals surface area contributed by atoms with Gasteiger partial charge in [-0.15, -0.1) is 5.06 Å². The molecule has 0 aliphatic carbocycles. The van der Waals surface area contributed by atoms with E-state index in [1.165, 1.54) is 7.11 Å². The number of hydroxylamine groups is 2. The van der Waals surface area contributed by atoms with Gasteiger partial charge >= 0.3 is 11.9 Å². The summed E-state index contributed by atoms with van der Waals surface area (Å²) in [5.41, 5.74) is 1.48. The van der Waals surface area contributed by atoms with Crippen molar-refractivity contribution in [3.05, 3.63) is 23.8 Å². The van der Waals surface area contributed by atoms with Gasteiger partial charge in [-0.2, -0.15) is 0 Å². The third kappa shape index (κ3) is 5.29. The summed E-state index contributed by atoms with van der Waals surface area (Å²) < 4.78 is 5.81. The highest BCUT2D eigenvalue weighted by atomic mass is 16.7. The molecule has 2 amide bonds. The number of methoxy groups -OCH3 is 1. The van der Waals surface area contributed by atoms with E-state index in [-0.39, 0.29) is 25.7 Å². The Morgan fingerprint density at radius 3 is 2.39 bits per heavy atom. The van der Waals surface area contributed by atoms with Gasteiger partial charge < -0.3 is 14.7 Å². The predicted octanol–water partition coefficient (Wildman–Crippen LogP) is 1.28. The fourth-order valence-corrected chi connectivity index (χ4v) is 3.05. The number of quaternary nitrogens is 1. The monoisotopic (exact) mass is 393 g/mol. The van der Waals surface area contributed by atoms with Gasteiger partial charge in [0.1, 0.15) is 0 Å². The third-order valence-electron chi connectivity index (χ3n) is 4.55. The zero-order valence-electron chi connectivity index (χ0n) is 16.3. The molecule has 1 N–H and O–H groups in total. The zero-order chi connectivity index (χ0) is 20.9. The van der Waals surface area contributed by atoms with Gasteiger partial charge in [-0.05, 0) is 11.6 Å². The number of carbonyl (C=O) groups is 4. The summed E-state index contributed by atoms with van der Waals surface area (Å²) in [5, 5.41) is 9.48. The van der Waals surface area contributed by atoms with E-state index in [9.17, 15) is 19.2 Å². The molecule has 152 valence electrons. The second-order valence-electron chi connectivity index (χ2n) is 7.13. The Hall–Kier alpha value is -2.94. The van der Waals surface area contributed by atoms with Gasteiger partial charge in [0.2, 0.25) is 0 Å². The van der Waals surface area contributed by atoms with E-state index in [1.807, 2.05) is 20.2 Å². The number of rotatable bonds is 9. The molecule has 1 aliphatic rings. The van der Waals surface area contributed by atoms with Gasteiger partial charge in [0.25, 0.3) is 11.8 Å². The average Bonchev–Trinajstić information content (AvgIpc) is 2.92. The molecule has 28 heavy (non-hydrogen) atoms. The van der Waals surface area contributed by atoms with Gasteiger partial charge in [0, 0.05) is 25.3 Å². The van der Waals surface area contributed by atoms with Gasteiger partial charge in [-0.3, -0.25) is 18.9 Å². The Bertz CT molecular complexity index is 772. The minimum atomic E-state index is -0.919. The summed E-state index contributed by atoms with van der Waals surface area (Å²) in [7, 11) is 5.39. The summed E-state index contributed by atoms with van der Waals surface area (Å²) in [4.78, 5) is 50.6. The van der Waals surface area contributed by atoms with Gasteiger partial charge in [0.05, 0.1) is 40.6 Å². The summed E-state index contributed by atoms with van der Waals surface area (Å²) >= 11 is 0. The molecular weight excluding hydrogens is 368 g/mol. The molecule has 0 spiro atoms. The number of nitrogens with zero attached hydrogens (tertiary/aromatic N) is 2. The number of benzene rings is 1. The Kier molecular flexibility index (Phi) is 6.74. The van der Waals surface area contributed by atoms with E-state index >= 15 is 0 Å². The maximum absolute atomic E-state index is 11.9. The Morgan fingerprint density at radius 2 is 1.82 bits per heavy atom. The Morgan fingerprint density at radius 1 is 1.18 bits per heavy atom. The first-order valence-electron chi connectivity index (χ1n) is 8.93. The van der Waals surface area contributed by atoms with Crippen LogP contribution in [0, 0.1) is 0 Å². The van der Waals surface area contributed by atoms with Crippen molar-refractivity contribution in [3.8, 4) is 5.75 Å². The molecule has 1 heterocycles. The topological polar surface area (TPSA) is 110 Å². The van der Waals surface area contributed by atoms with Crippen molar-refractivity contribution >= 4 is 29.4 Å². The number of imide groups is 1. The predicted molar refractivity (Wildman–Crippen MR) is 99.3 cm³/mol. The molecule has 2 rings (SSSR count). The minimum absolute atomic E-state index is 0.0537. The molecule has 1 fully saturated rings. The van der Waals surface area contributed by atoms with Crippen LogP contribution in [0.15, 0.2) is 18.2 Å². The zero-order valence-corrected chi connectivity index (χ0v) is 16.3. The van der Waals surface area contributed by atoms with Crippen LogP contribution in [0.3, 0.4) is 0 Å². The lowest BCUT2D eigenvalue weighted by Gasteiger charge is -2.30. The molecule has 0 aromatic heterocycles. The number of amides is 2. The van der Waals surface area contributed by atoms with Crippen molar-refractivity contribution in [2.75, 3.05) is 27.7 Å². The highest BCUT2D eigenvalue weighted by Gasteiger charge is 2.33. The number of ether oxygens (including phenoxy) is 1. The van der Waals surface area contributed by atoms with Crippen LogP contribution < -0.4 is 9.22 Å². The standard InChI is InChI=1S/C19H24N2O7/c1-21(2,14-7-6-13(12-18(24)25)11-15(14)27-3)10-4-5-19(26)28-20-16(22)8-9-17(20)23/h6-7,11H,4-5,8-10,12H2,1-3H3/p+1. The molecule has 0 radical (unpaired) electrons. The van der Waals surface area contributed by atoms with E-state index in [4.69, 9.17) is 14.7 Å². The van der Waals surface area contributed by atoms with Crippen molar-refractivity contribution in [2.24, 2.45) is 0 Å². The number of aliphatic carboxylic acids is 1. The maximum atomic E-state index is 11.9. The quantitative estimate of drug-likeness (QED) is 0.497. The molecule has 1 aliphatic heterocycles. The number of carboxylic acids is 1. The molecule has 0 saturated carbocycles. The van der Waals surface area contributed by atoms with Crippen molar-refractivity contribution in [1.82, 2.24) is 9.55 Å². The summed E-state index contributed by atoms with van der Waals surface area (Å²) in [6, 6.07) is 5.25. The Labute approximate surface area is 163 Å². The molecule has 9 nitrogen and oxygen atoms in total. The summed E-state index contributed by atoms with van der Waals surface area (Å²) in [6.45, 7) is 0.561. The smallest absolute Gasteiger partial charge is 0.333 e. The van der Waals surface area contributed by atoms with Crippen LogP contribution in [0.4, 0.5) is 5.69 Å². The molecule has 0 atom stereocenters. The number of carboxylic acid groups (broad SMARTS) is 1. The number of hydrogen-bond donors (Lipinski definition) is 1. The SMILES string of the molecule is COc1cc(CC(=O)O)ccc1[N+](C)(C)CCCC(=O)ON1C(=O)CCC1=O. The summed E-state index contributed by atoms with van der Waals surface area (Å²) in [5.74, 6) is -1.98. The molecule has 1 aromatic rings. The van der Waals surface area contributed by atoms with Crippen LogP contribution in [-0.4, -0.2) is 61.7 Å². The van der Waals surface area contributed by atoms with E-state index in [0.717, 1.165) is 5.69 Å². The van der Waals surface area contributed by atoms with Crippen LogP contribution in [0.25, 0.3) is 0 Å². The molecule has 1 aromatic carbocycles. The van der Waals surface area contributed by atoms with Crippen molar-refractivity contribution in [2.45, 2.75) is 32.1 Å². The van der Waals surface area contributed by atoms with E-state index < -0.39 is 23.8 Å². The molecule has 1 saturated heterocycles. The van der Waals surface area contributed by atoms with Crippen LogP contribution in [-0.2, 0) is 30.4 Å². The molecule has 9 heteroatoms. The van der Waals surface area contributed by atoms with E-state index in [1.54, 1.807) is 12.1 Å². The van der Waals surface area contributed by atoms with Crippen LogP contribution in [0.5, 0.6) is 5.75 Å². The first kappa shape index (κ1) is 21.4. The fourth-order valence-electron chi connectivity index (χ4n) is 3.05. The van der Waals surface area contributed by atoms with Crippen LogP contribution in [0.1, 0.15) is 31.2 Å². The first-order valence-corrected chi connectivity index (χ1v) is 8.93. The number of hydrogen-bond acceptors (Lipinski definition) is 6. The van der Waals surface area contributed by atoms with E-state index in [2.05, 4.69) is 0 Å². The lowest BCUT2D eigenvalue weighted by Crippen LogP contribution is -2.42. The van der Waals surface area contributed by atoms with Crippen molar-refractivity contribution in [3.63, 3.8) is 0 Å². The first-order chi connectivity index (χ1) is 13.1. The normalized spacial score (nSPS) is 14.3. The third-order valence-corrected chi connectivity index (χ3v) is 4.55. The largest absolute Gasteiger partial charge is 0.491 e. The van der Waals surface area contributed by atoms with Gasteiger partial charge in [0.15, 0.2) is 11.4 Å². The summed E-state index contributed by atoms with van der Waals surface area (Å²) in [6.07, 6.45) is 0.547. The molecular formula is C19H25N2O7+. The van der Waals surface area contributed by atoms with E-state index in [0.29, 0.717) is 33.8 Å². The van der Waals surface area contributed by atoms with Crippen LogP contribution >= 0.6 is 0 Å². The molecule has 0 bridgehead atoms. The number of carbonyl (C=O) groups excluding carboxylic acids is 3. The van der Waals surface area contributed by atoms with Gasteiger partial charge in [-0.25, -0.2) is 4.79 Å². The highest BCUT2D eigenvalue weighted by Crippen LogP contribution is 2.32. The molecule has 0 unspecified atom stereocenters. The maximum Gasteiger partial charge on any atom is 0.333 e. The van der Waals surface area contributed by atoms with Crippen molar-refractivity contribution in [1.29, 1.82) is 0 Å². The highest BCUT2D eigenvalue weighted by molar-refractivity contribution is 6.01.